The smallest absolute Gasteiger partial charge is 0.195 e. The Morgan fingerprint density at radius 2 is 2.06 bits per heavy atom. The largest absolute Gasteiger partial charge is 0.343 e. The van der Waals surface area contributed by atoms with E-state index in [1.807, 2.05) is 6.92 Å². The SMILES string of the molecule is Cc1cc(F)ccc1C1(CCCCl)OCCO1. The van der Waals surface area contributed by atoms with Crippen LogP contribution in [0.15, 0.2) is 18.2 Å². The summed E-state index contributed by atoms with van der Waals surface area (Å²) in [7, 11) is 0. The monoisotopic (exact) mass is 258 g/mol. The van der Waals surface area contributed by atoms with Gasteiger partial charge in [0.15, 0.2) is 5.79 Å². The molecule has 0 saturated carbocycles. The highest BCUT2D eigenvalue weighted by molar-refractivity contribution is 6.17. The van der Waals surface area contributed by atoms with Crippen molar-refractivity contribution in [2.24, 2.45) is 0 Å². The summed E-state index contributed by atoms with van der Waals surface area (Å²) in [5, 5.41) is 0. The van der Waals surface area contributed by atoms with Gasteiger partial charge in [-0.3, -0.25) is 0 Å². The first-order valence-corrected chi connectivity index (χ1v) is 6.32. The van der Waals surface area contributed by atoms with Gasteiger partial charge in [0.25, 0.3) is 0 Å². The first-order valence-electron chi connectivity index (χ1n) is 5.78. The van der Waals surface area contributed by atoms with E-state index in [2.05, 4.69) is 0 Å². The summed E-state index contributed by atoms with van der Waals surface area (Å²) in [5.41, 5.74) is 1.75. The molecule has 4 heteroatoms. The van der Waals surface area contributed by atoms with Crippen molar-refractivity contribution >= 4 is 11.6 Å². The zero-order chi connectivity index (χ0) is 12.3. The van der Waals surface area contributed by atoms with Gasteiger partial charge in [-0.15, -0.1) is 11.6 Å². The first-order chi connectivity index (χ1) is 8.18. The van der Waals surface area contributed by atoms with Gasteiger partial charge in [-0.2, -0.15) is 0 Å². The fourth-order valence-corrected chi connectivity index (χ4v) is 2.38. The Morgan fingerprint density at radius 1 is 1.35 bits per heavy atom. The summed E-state index contributed by atoms with van der Waals surface area (Å²) in [6.07, 6.45) is 1.50. The lowest BCUT2D eigenvalue weighted by molar-refractivity contribution is -0.171. The number of alkyl halides is 1. The molecule has 0 radical (unpaired) electrons. The summed E-state index contributed by atoms with van der Waals surface area (Å²) in [6, 6.07) is 4.68. The van der Waals surface area contributed by atoms with Crippen LogP contribution in [0, 0.1) is 12.7 Å². The van der Waals surface area contributed by atoms with Crippen LogP contribution in [0.3, 0.4) is 0 Å². The maximum absolute atomic E-state index is 13.1. The van der Waals surface area contributed by atoms with E-state index in [9.17, 15) is 4.39 Å². The van der Waals surface area contributed by atoms with Gasteiger partial charge < -0.3 is 9.47 Å². The normalized spacial score (nSPS) is 18.5. The Labute approximate surface area is 106 Å². The zero-order valence-electron chi connectivity index (χ0n) is 9.84. The van der Waals surface area contributed by atoms with Crippen molar-refractivity contribution in [1.29, 1.82) is 0 Å². The summed E-state index contributed by atoms with van der Waals surface area (Å²) >= 11 is 5.72. The quantitative estimate of drug-likeness (QED) is 0.771. The fraction of sp³-hybridized carbons (Fsp3) is 0.538. The van der Waals surface area contributed by atoms with Gasteiger partial charge in [-0.05, 0) is 31.0 Å². The van der Waals surface area contributed by atoms with Gasteiger partial charge in [0, 0.05) is 17.9 Å². The van der Waals surface area contributed by atoms with Crippen LogP contribution in [0.4, 0.5) is 4.39 Å². The lowest BCUT2D eigenvalue weighted by Gasteiger charge is -2.29. The molecule has 0 aromatic heterocycles. The number of hydrogen-bond acceptors (Lipinski definition) is 2. The van der Waals surface area contributed by atoms with Crippen molar-refractivity contribution < 1.29 is 13.9 Å². The highest BCUT2D eigenvalue weighted by Gasteiger charge is 2.39. The summed E-state index contributed by atoms with van der Waals surface area (Å²) in [6.45, 7) is 3.00. The number of rotatable bonds is 4. The van der Waals surface area contributed by atoms with Gasteiger partial charge in [0.2, 0.25) is 0 Å². The summed E-state index contributed by atoms with van der Waals surface area (Å²) in [5.74, 6) is -0.404. The molecular formula is C13H16ClFO2. The number of ether oxygens (including phenoxy) is 2. The maximum atomic E-state index is 13.1. The molecule has 0 bridgehead atoms. The van der Waals surface area contributed by atoms with Gasteiger partial charge >= 0.3 is 0 Å². The molecule has 2 rings (SSSR count). The first kappa shape index (κ1) is 12.8. The summed E-state index contributed by atoms with van der Waals surface area (Å²) < 4.78 is 24.6. The molecule has 17 heavy (non-hydrogen) atoms. The van der Waals surface area contributed by atoms with Crippen LogP contribution in [0.25, 0.3) is 0 Å². The zero-order valence-corrected chi connectivity index (χ0v) is 10.6. The Bertz CT molecular complexity index is 389. The molecule has 2 nitrogen and oxygen atoms in total. The molecule has 1 heterocycles. The maximum Gasteiger partial charge on any atom is 0.195 e. The van der Waals surface area contributed by atoms with Gasteiger partial charge in [-0.1, -0.05) is 6.07 Å². The van der Waals surface area contributed by atoms with Gasteiger partial charge in [-0.25, -0.2) is 4.39 Å². The standard InChI is InChI=1S/C13H16ClFO2/c1-10-9-11(15)3-4-12(10)13(5-2-6-14)16-7-8-17-13/h3-4,9H,2,5-8H2,1H3. The minimum atomic E-state index is -0.729. The molecular weight excluding hydrogens is 243 g/mol. The Kier molecular flexibility index (Phi) is 4.02. The molecule has 0 unspecified atom stereocenters. The van der Waals surface area contributed by atoms with Gasteiger partial charge in [0.1, 0.15) is 5.82 Å². The average molecular weight is 259 g/mol. The third kappa shape index (κ3) is 2.62. The highest BCUT2D eigenvalue weighted by Crippen LogP contribution is 2.37. The number of benzene rings is 1. The van der Waals surface area contributed by atoms with Crippen LogP contribution in [0.1, 0.15) is 24.0 Å². The molecule has 1 aromatic carbocycles. The number of halogens is 2. The molecule has 0 amide bonds. The Hall–Kier alpha value is -0.640. The van der Waals surface area contributed by atoms with E-state index < -0.39 is 5.79 Å². The molecule has 0 aliphatic carbocycles. The molecule has 0 spiro atoms. The van der Waals surface area contributed by atoms with Crippen LogP contribution in [0.2, 0.25) is 0 Å². The highest BCUT2D eigenvalue weighted by atomic mass is 35.5. The van der Waals surface area contributed by atoms with E-state index in [4.69, 9.17) is 21.1 Å². The second-order valence-electron chi connectivity index (χ2n) is 4.20. The Morgan fingerprint density at radius 3 is 2.65 bits per heavy atom. The van der Waals surface area contributed by atoms with Crippen molar-refractivity contribution in [3.63, 3.8) is 0 Å². The molecule has 1 aromatic rings. The second kappa shape index (κ2) is 5.34. The number of hydrogen-bond donors (Lipinski definition) is 0. The fourth-order valence-electron chi connectivity index (χ4n) is 2.24. The summed E-state index contributed by atoms with van der Waals surface area (Å²) in [4.78, 5) is 0. The topological polar surface area (TPSA) is 18.5 Å². The van der Waals surface area contributed by atoms with Crippen molar-refractivity contribution in [3.8, 4) is 0 Å². The average Bonchev–Trinajstić information content (AvgIpc) is 2.76. The van der Waals surface area contributed by atoms with Crippen LogP contribution in [-0.4, -0.2) is 19.1 Å². The van der Waals surface area contributed by atoms with E-state index >= 15 is 0 Å². The second-order valence-corrected chi connectivity index (χ2v) is 4.58. The Balaban J connectivity index is 2.31. The molecule has 1 aliphatic heterocycles. The van der Waals surface area contributed by atoms with E-state index in [-0.39, 0.29) is 5.82 Å². The van der Waals surface area contributed by atoms with Gasteiger partial charge in [0.05, 0.1) is 13.2 Å². The van der Waals surface area contributed by atoms with Crippen molar-refractivity contribution in [1.82, 2.24) is 0 Å². The minimum Gasteiger partial charge on any atom is -0.343 e. The van der Waals surface area contributed by atoms with Crippen LogP contribution >= 0.6 is 11.6 Å². The third-order valence-electron chi connectivity index (χ3n) is 2.99. The van der Waals surface area contributed by atoms with Crippen molar-refractivity contribution in [2.45, 2.75) is 25.6 Å². The predicted octanol–water partition coefficient (Wildman–Crippen LogP) is 3.35. The van der Waals surface area contributed by atoms with Crippen LogP contribution in [-0.2, 0) is 15.3 Å². The van der Waals surface area contributed by atoms with E-state index in [1.54, 1.807) is 6.07 Å². The predicted molar refractivity (Wildman–Crippen MR) is 64.7 cm³/mol. The van der Waals surface area contributed by atoms with E-state index in [0.29, 0.717) is 25.5 Å². The molecule has 0 atom stereocenters. The molecule has 94 valence electrons. The van der Waals surface area contributed by atoms with Crippen LogP contribution < -0.4 is 0 Å². The van der Waals surface area contributed by atoms with E-state index in [0.717, 1.165) is 17.5 Å². The lowest BCUT2D eigenvalue weighted by atomic mass is 9.96. The lowest BCUT2D eigenvalue weighted by Crippen LogP contribution is -2.28. The number of aryl methyl sites for hydroxylation is 1. The third-order valence-corrected chi connectivity index (χ3v) is 3.26. The van der Waals surface area contributed by atoms with Crippen molar-refractivity contribution in [3.05, 3.63) is 35.1 Å². The molecule has 1 fully saturated rings. The minimum absolute atomic E-state index is 0.239. The van der Waals surface area contributed by atoms with Crippen molar-refractivity contribution in [2.75, 3.05) is 19.1 Å². The molecule has 0 N–H and O–H groups in total. The van der Waals surface area contributed by atoms with E-state index in [1.165, 1.54) is 12.1 Å². The molecule has 1 aliphatic rings. The van der Waals surface area contributed by atoms with Crippen LogP contribution in [0.5, 0.6) is 0 Å². The molecule has 1 saturated heterocycles.